The molecule has 148 valence electrons. The van der Waals surface area contributed by atoms with Crippen LogP contribution in [0.1, 0.15) is 16.1 Å². The van der Waals surface area contributed by atoms with Gasteiger partial charge in [-0.2, -0.15) is 0 Å². The number of thiazole rings is 1. The molecule has 1 aliphatic heterocycles. The molecule has 3 heterocycles. The second-order valence-corrected chi connectivity index (χ2v) is 7.91. The third kappa shape index (κ3) is 3.24. The highest BCUT2D eigenvalue weighted by atomic mass is 32.1. The summed E-state index contributed by atoms with van der Waals surface area (Å²) in [6.07, 6.45) is 0. The Hall–Kier alpha value is -2.97. The largest absolute Gasteiger partial charge is 0.448 e. The van der Waals surface area contributed by atoms with Crippen molar-refractivity contribution in [3.63, 3.8) is 0 Å². The van der Waals surface area contributed by atoms with E-state index in [9.17, 15) is 9.18 Å². The second kappa shape index (κ2) is 7.13. The maximum atomic E-state index is 14.0. The quantitative estimate of drug-likeness (QED) is 0.535. The molecule has 29 heavy (non-hydrogen) atoms. The van der Waals surface area contributed by atoms with Gasteiger partial charge in [0.2, 0.25) is 0 Å². The van der Waals surface area contributed by atoms with E-state index in [0.717, 1.165) is 28.4 Å². The zero-order valence-corrected chi connectivity index (χ0v) is 16.5. The van der Waals surface area contributed by atoms with E-state index in [2.05, 4.69) is 15.2 Å². The van der Waals surface area contributed by atoms with Crippen LogP contribution < -0.4 is 10.2 Å². The van der Waals surface area contributed by atoms with Gasteiger partial charge in [-0.25, -0.2) is 9.37 Å². The fraction of sp³-hybridized carbons (Fsp3) is 0.238. The lowest BCUT2D eigenvalue weighted by atomic mass is 10.1. The highest BCUT2D eigenvalue weighted by Gasteiger charge is 2.20. The lowest BCUT2D eigenvalue weighted by Crippen LogP contribution is -2.36. The lowest BCUT2D eigenvalue weighted by molar-refractivity contribution is 0.0997. The molecule has 1 aliphatic rings. The van der Waals surface area contributed by atoms with Gasteiger partial charge in [-0.1, -0.05) is 23.5 Å². The number of aromatic nitrogens is 1. The minimum Gasteiger partial charge on any atom is -0.448 e. The number of halogens is 1. The van der Waals surface area contributed by atoms with Gasteiger partial charge >= 0.3 is 0 Å². The van der Waals surface area contributed by atoms with Gasteiger partial charge in [-0.05, 0) is 31.2 Å². The summed E-state index contributed by atoms with van der Waals surface area (Å²) in [6.45, 7) is 4.81. The summed E-state index contributed by atoms with van der Waals surface area (Å²) in [5.41, 5.74) is 2.24. The van der Waals surface area contributed by atoms with Crippen molar-refractivity contribution < 1.29 is 18.3 Å². The third-order valence-electron chi connectivity index (χ3n) is 5.04. The second-order valence-electron chi connectivity index (χ2n) is 6.91. The number of nitrogens with one attached hydrogen (secondary N) is 1. The SMILES string of the molecule is Cc1c(C(=O)Nc2ccc3nc(N4CCOCC4)sc3c2)oc2c(F)cccc12. The summed E-state index contributed by atoms with van der Waals surface area (Å²) in [5, 5.41) is 4.40. The summed E-state index contributed by atoms with van der Waals surface area (Å²) >= 11 is 1.58. The van der Waals surface area contributed by atoms with Gasteiger partial charge in [0.15, 0.2) is 22.3 Å². The van der Waals surface area contributed by atoms with Crippen molar-refractivity contribution in [2.45, 2.75) is 6.92 Å². The lowest BCUT2D eigenvalue weighted by Gasteiger charge is -2.25. The number of hydrogen-bond donors (Lipinski definition) is 1. The monoisotopic (exact) mass is 411 g/mol. The number of anilines is 2. The number of para-hydroxylation sites is 1. The van der Waals surface area contributed by atoms with Crippen molar-refractivity contribution in [2.75, 3.05) is 36.5 Å². The molecule has 5 rings (SSSR count). The zero-order valence-electron chi connectivity index (χ0n) is 15.7. The Bertz CT molecular complexity index is 1230. The normalized spacial score (nSPS) is 14.6. The van der Waals surface area contributed by atoms with Crippen molar-refractivity contribution in [3.8, 4) is 0 Å². The molecule has 1 saturated heterocycles. The Balaban J connectivity index is 1.42. The molecule has 0 unspecified atom stereocenters. The molecular formula is C21H18FN3O3S. The number of furan rings is 1. The molecular weight excluding hydrogens is 393 g/mol. The van der Waals surface area contributed by atoms with Crippen LogP contribution in [0, 0.1) is 12.7 Å². The molecule has 0 bridgehead atoms. The highest BCUT2D eigenvalue weighted by molar-refractivity contribution is 7.22. The maximum absolute atomic E-state index is 14.0. The molecule has 0 saturated carbocycles. The van der Waals surface area contributed by atoms with Gasteiger partial charge < -0.3 is 19.4 Å². The molecule has 0 atom stereocenters. The van der Waals surface area contributed by atoms with E-state index in [1.54, 1.807) is 30.4 Å². The number of fused-ring (bicyclic) bond motifs is 2. The minimum atomic E-state index is -0.480. The molecule has 4 aromatic rings. The number of benzene rings is 2. The van der Waals surface area contributed by atoms with E-state index in [0.29, 0.717) is 29.9 Å². The van der Waals surface area contributed by atoms with Crippen molar-refractivity contribution in [2.24, 2.45) is 0 Å². The van der Waals surface area contributed by atoms with Gasteiger partial charge in [0.05, 0.1) is 23.4 Å². The smallest absolute Gasteiger partial charge is 0.291 e. The Morgan fingerprint density at radius 2 is 2.07 bits per heavy atom. The standard InChI is InChI=1S/C21H18FN3O3S/c1-12-14-3-2-4-15(22)19(14)28-18(12)20(26)23-13-5-6-16-17(11-13)29-21(24-16)25-7-9-27-10-8-25/h2-6,11H,7-10H2,1H3,(H,23,26). The van der Waals surface area contributed by atoms with Crippen LogP contribution in [-0.4, -0.2) is 37.2 Å². The van der Waals surface area contributed by atoms with Gasteiger partial charge in [0, 0.05) is 29.7 Å². The van der Waals surface area contributed by atoms with Crippen LogP contribution in [0.5, 0.6) is 0 Å². The molecule has 6 nitrogen and oxygen atoms in total. The number of rotatable bonds is 3. The maximum Gasteiger partial charge on any atom is 0.291 e. The molecule has 8 heteroatoms. The van der Waals surface area contributed by atoms with E-state index in [1.807, 2.05) is 18.2 Å². The van der Waals surface area contributed by atoms with Crippen LogP contribution in [0.4, 0.5) is 15.2 Å². The number of carbonyl (C=O) groups excluding carboxylic acids is 1. The average Bonchev–Trinajstić information content (AvgIpc) is 3.31. The van der Waals surface area contributed by atoms with Gasteiger partial charge in [-0.3, -0.25) is 4.79 Å². The van der Waals surface area contributed by atoms with Crippen LogP contribution in [0.3, 0.4) is 0 Å². The van der Waals surface area contributed by atoms with Crippen molar-refractivity contribution >= 4 is 49.2 Å². The van der Waals surface area contributed by atoms with Crippen molar-refractivity contribution in [1.82, 2.24) is 4.98 Å². The molecule has 2 aromatic heterocycles. The first-order valence-electron chi connectivity index (χ1n) is 9.32. The summed E-state index contributed by atoms with van der Waals surface area (Å²) in [7, 11) is 0. The fourth-order valence-electron chi connectivity index (χ4n) is 3.49. The molecule has 1 N–H and O–H groups in total. The van der Waals surface area contributed by atoms with Gasteiger partial charge in [0.25, 0.3) is 5.91 Å². The van der Waals surface area contributed by atoms with E-state index in [1.165, 1.54) is 6.07 Å². The molecule has 0 radical (unpaired) electrons. The van der Waals surface area contributed by atoms with E-state index >= 15 is 0 Å². The number of carbonyl (C=O) groups is 1. The predicted molar refractivity (Wildman–Crippen MR) is 112 cm³/mol. The topological polar surface area (TPSA) is 67.6 Å². The number of aryl methyl sites for hydroxylation is 1. The number of ether oxygens (including phenoxy) is 1. The number of nitrogens with zero attached hydrogens (tertiary/aromatic N) is 2. The first-order chi connectivity index (χ1) is 14.1. The number of amides is 1. The van der Waals surface area contributed by atoms with Crippen molar-refractivity contribution in [3.05, 3.63) is 53.5 Å². The van der Waals surface area contributed by atoms with Crippen molar-refractivity contribution in [1.29, 1.82) is 0 Å². The molecule has 0 spiro atoms. The molecule has 1 fully saturated rings. The summed E-state index contributed by atoms with van der Waals surface area (Å²) in [4.78, 5) is 19.6. The third-order valence-corrected chi connectivity index (χ3v) is 6.12. The van der Waals surface area contributed by atoms with Gasteiger partial charge in [0.1, 0.15) is 0 Å². The van der Waals surface area contributed by atoms with Crippen LogP contribution >= 0.6 is 11.3 Å². The molecule has 0 aliphatic carbocycles. The predicted octanol–water partition coefficient (Wildman–Crippen LogP) is 4.58. The van der Waals surface area contributed by atoms with E-state index in [-0.39, 0.29) is 11.3 Å². The van der Waals surface area contributed by atoms with Crippen LogP contribution in [0.15, 0.2) is 40.8 Å². The van der Waals surface area contributed by atoms with E-state index in [4.69, 9.17) is 9.15 Å². The van der Waals surface area contributed by atoms with Crippen LogP contribution in [0.2, 0.25) is 0 Å². The van der Waals surface area contributed by atoms with Crippen LogP contribution in [0.25, 0.3) is 21.2 Å². The first kappa shape index (κ1) is 18.1. The zero-order chi connectivity index (χ0) is 20.0. The van der Waals surface area contributed by atoms with Crippen LogP contribution in [-0.2, 0) is 4.74 Å². The Morgan fingerprint density at radius 3 is 2.86 bits per heavy atom. The Labute approximate surface area is 169 Å². The average molecular weight is 411 g/mol. The molecule has 1 amide bonds. The van der Waals surface area contributed by atoms with Gasteiger partial charge in [-0.15, -0.1) is 0 Å². The fourth-order valence-corrected chi connectivity index (χ4v) is 4.55. The Morgan fingerprint density at radius 1 is 1.24 bits per heavy atom. The Kier molecular flexibility index (Phi) is 4.44. The minimum absolute atomic E-state index is 0.100. The number of hydrogen-bond acceptors (Lipinski definition) is 6. The highest BCUT2D eigenvalue weighted by Crippen LogP contribution is 2.32. The summed E-state index contributed by atoms with van der Waals surface area (Å²) in [6, 6.07) is 10.2. The first-order valence-corrected chi connectivity index (χ1v) is 10.1. The molecule has 2 aromatic carbocycles. The number of morpholine rings is 1. The summed E-state index contributed by atoms with van der Waals surface area (Å²) in [5.74, 6) is -0.773. The van der Waals surface area contributed by atoms with E-state index < -0.39 is 11.7 Å². The summed E-state index contributed by atoms with van der Waals surface area (Å²) < 4.78 is 25.9.